The minimum Gasteiger partial charge on any atom is -0.325 e. The molecule has 5 nitrogen and oxygen atoms in total. The number of nitrogens with one attached hydrogen (secondary N) is 2. The van der Waals surface area contributed by atoms with Gasteiger partial charge in [0.05, 0.1) is 10.8 Å². The first-order chi connectivity index (χ1) is 13.6. The van der Waals surface area contributed by atoms with E-state index in [4.69, 9.17) is 0 Å². The molecule has 3 aromatic carbocycles. The Balaban J connectivity index is 1.47. The normalized spacial score (nSPS) is 12.1. The minimum absolute atomic E-state index is 0.154. The third-order valence-corrected chi connectivity index (χ3v) is 5.25. The van der Waals surface area contributed by atoms with Gasteiger partial charge in [-0.1, -0.05) is 60.3 Å². The number of halogens is 1. The van der Waals surface area contributed by atoms with Gasteiger partial charge in [0, 0.05) is 11.1 Å². The van der Waals surface area contributed by atoms with Crippen LogP contribution in [-0.2, 0) is 4.79 Å². The molecule has 0 saturated heterocycles. The number of hydrogen-bond donors (Lipinski definition) is 2. The van der Waals surface area contributed by atoms with Crippen molar-refractivity contribution >= 4 is 34.1 Å². The highest BCUT2D eigenvalue weighted by Crippen LogP contribution is 2.27. The third kappa shape index (κ3) is 3.75. The summed E-state index contributed by atoms with van der Waals surface area (Å²) in [4.78, 5) is 16.9. The molecule has 1 heterocycles. The number of carbonyl (C=O) groups excluding carboxylic acids is 1. The smallest absolute Gasteiger partial charge is 0.237 e. The maximum atomic E-state index is 13.9. The molecule has 0 aliphatic heterocycles. The van der Waals surface area contributed by atoms with E-state index in [1.165, 1.54) is 17.8 Å². The zero-order chi connectivity index (χ0) is 19.5. The van der Waals surface area contributed by atoms with Crippen molar-refractivity contribution in [1.29, 1.82) is 0 Å². The average molecular weight is 392 g/mol. The number of carbonyl (C=O) groups is 1. The van der Waals surface area contributed by atoms with Gasteiger partial charge in [-0.05, 0) is 30.5 Å². The van der Waals surface area contributed by atoms with Crippen LogP contribution in [0.2, 0.25) is 0 Å². The van der Waals surface area contributed by atoms with E-state index in [0.717, 1.165) is 16.5 Å². The fourth-order valence-corrected chi connectivity index (χ4v) is 3.58. The molecule has 28 heavy (non-hydrogen) atoms. The summed E-state index contributed by atoms with van der Waals surface area (Å²) in [6.45, 7) is 1.78. The van der Waals surface area contributed by atoms with Gasteiger partial charge in [0.2, 0.25) is 11.1 Å². The predicted molar refractivity (Wildman–Crippen MR) is 110 cm³/mol. The van der Waals surface area contributed by atoms with Crippen LogP contribution in [0.3, 0.4) is 0 Å². The van der Waals surface area contributed by atoms with Crippen LogP contribution in [0, 0.1) is 5.82 Å². The summed E-state index contributed by atoms with van der Waals surface area (Å²) in [5.74, 6) is -0.196. The van der Waals surface area contributed by atoms with Crippen LogP contribution in [0.25, 0.3) is 22.2 Å². The SMILES string of the molecule is CC(Sc1n[nH]c(-c2ccccc2F)n1)C(=O)Nc1cccc2ccccc12. The number of aromatic nitrogens is 3. The molecule has 0 spiro atoms. The van der Waals surface area contributed by atoms with Crippen LogP contribution in [0.1, 0.15) is 6.92 Å². The Bertz CT molecular complexity index is 1140. The summed E-state index contributed by atoms with van der Waals surface area (Å²) in [5.41, 5.74) is 1.10. The van der Waals surface area contributed by atoms with E-state index >= 15 is 0 Å². The zero-order valence-electron chi connectivity index (χ0n) is 15.0. The second-order valence-corrected chi connectivity index (χ2v) is 7.53. The predicted octanol–water partition coefficient (Wildman–Crippen LogP) is 4.88. The summed E-state index contributed by atoms with van der Waals surface area (Å²) in [6.07, 6.45) is 0. The van der Waals surface area contributed by atoms with Crippen LogP contribution in [0.15, 0.2) is 71.9 Å². The lowest BCUT2D eigenvalue weighted by Gasteiger charge is -2.12. The van der Waals surface area contributed by atoms with E-state index in [0.29, 0.717) is 16.5 Å². The fraction of sp³-hybridized carbons (Fsp3) is 0.0952. The van der Waals surface area contributed by atoms with Crippen molar-refractivity contribution in [2.75, 3.05) is 5.32 Å². The number of anilines is 1. The maximum absolute atomic E-state index is 13.9. The monoisotopic (exact) mass is 392 g/mol. The van der Waals surface area contributed by atoms with Gasteiger partial charge in [0.25, 0.3) is 0 Å². The number of nitrogens with zero attached hydrogens (tertiary/aromatic N) is 2. The Hall–Kier alpha value is -3.19. The quantitative estimate of drug-likeness (QED) is 0.475. The summed E-state index contributed by atoms with van der Waals surface area (Å²) in [6, 6.07) is 20.0. The van der Waals surface area contributed by atoms with Crippen LogP contribution in [0.4, 0.5) is 10.1 Å². The van der Waals surface area contributed by atoms with Gasteiger partial charge in [-0.15, -0.1) is 5.10 Å². The molecule has 0 fully saturated rings. The lowest BCUT2D eigenvalue weighted by atomic mass is 10.1. The Morgan fingerprint density at radius 1 is 1.07 bits per heavy atom. The standard InChI is InChI=1S/C21H17FN4OS/c1-13(20(27)23-18-12-6-8-14-7-2-3-9-15(14)18)28-21-24-19(25-26-21)16-10-4-5-11-17(16)22/h2-13H,1H3,(H,23,27)(H,24,25,26). The summed E-state index contributed by atoms with van der Waals surface area (Å²) >= 11 is 1.21. The first kappa shape index (κ1) is 18.2. The van der Waals surface area contributed by atoms with E-state index in [1.54, 1.807) is 25.1 Å². The van der Waals surface area contributed by atoms with Gasteiger partial charge in [0.1, 0.15) is 5.82 Å². The number of fused-ring (bicyclic) bond motifs is 1. The zero-order valence-corrected chi connectivity index (χ0v) is 15.8. The molecule has 0 bridgehead atoms. The maximum Gasteiger partial charge on any atom is 0.237 e. The summed E-state index contributed by atoms with van der Waals surface area (Å²) < 4.78 is 13.9. The largest absolute Gasteiger partial charge is 0.325 e. The van der Waals surface area contributed by atoms with E-state index in [9.17, 15) is 9.18 Å². The van der Waals surface area contributed by atoms with Crippen molar-refractivity contribution < 1.29 is 9.18 Å². The molecule has 0 aliphatic rings. The van der Waals surface area contributed by atoms with Gasteiger partial charge in [-0.3, -0.25) is 9.89 Å². The minimum atomic E-state index is -0.428. The Morgan fingerprint density at radius 3 is 2.68 bits per heavy atom. The van der Waals surface area contributed by atoms with Crippen LogP contribution >= 0.6 is 11.8 Å². The topological polar surface area (TPSA) is 70.7 Å². The second-order valence-electron chi connectivity index (χ2n) is 6.22. The molecular weight excluding hydrogens is 375 g/mol. The van der Waals surface area contributed by atoms with Crippen LogP contribution in [-0.4, -0.2) is 26.3 Å². The molecule has 4 aromatic rings. The number of hydrogen-bond acceptors (Lipinski definition) is 4. The number of thioether (sulfide) groups is 1. The lowest BCUT2D eigenvalue weighted by molar-refractivity contribution is -0.115. The highest BCUT2D eigenvalue weighted by Gasteiger charge is 2.19. The molecule has 0 radical (unpaired) electrons. The number of aromatic amines is 1. The van der Waals surface area contributed by atoms with Crippen LogP contribution in [0.5, 0.6) is 0 Å². The van der Waals surface area contributed by atoms with E-state index in [2.05, 4.69) is 20.5 Å². The Kier molecular flexibility index (Phi) is 5.08. The average Bonchev–Trinajstić information content (AvgIpc) is 3.16. The molecule has 0 saturated carbocycles. The molecule has 1 aromatic heterocycles. The van der Waals surface area contributed by atoms with Gasteiger partial charge >= 0.3 is 0 Å². The third-order valence-electron chi connectivity index (χ3n) is 4.29. The molecule has 4 rings (SSSR count). The first-order valence-corrected chi connectivity index (χ1v) is 9.62. The van der Waals surface area contributed by atoms with Crippen molar-refractivity contribution in [2.24, 2.45) is 0 Å². The van der Waals surface area contributed by atoms with Crippen molar-refractivity contribution in [3.05, 3.63) is 72.5 Å². The van der Waals surface area contributed by atoms with Crippen molar-refractivity contribution in [1.82, 2.24) is 15.2 Å². The van der Waals surface area contributed by atoms with E-state index in [1.807, 2.05) is 42.5 Å². The highest BCUT2D eigenvalue weighted by molar-refractivity contribution is 8.00. The molecular formula is C21H17FN4OS. The summed E-state index contributed by atoms with van der Waals surface area (Å²) in [7, 11) is 0. The first-order valence-electron chi connectivity index (χ1n) is 8.74. The highest BCUT2D eigenvalue weighted by atomic mass is 32.2. The molecule has 140 valence electrons. The lowest BCUT2D eigenvalue weighted by Crippen LogP contribution is -2.22. The number of amides is 1. The van der Waals surface area contributed by atoms with Gasteiger partial charge < -0.3 is 5.32 Å². The van der Waals surface area contributed by atoms with Gasteiger partial charge in [0.15, 0.2) is 5.82 Å². The van der Waals surface area contributed by atoms with Crippen LogP contribution < -0.4 is 5.32 Å². The Labute approximate surface area is 165 Å². The number of rotatable bonds is 5. The number of H-pyrrole nitrogens is 1. The summed E-state index contributed by atoms with van der Waals surface area (Å²) in [5, 5.41) is 11.8. The van der Waals surface area contributed by atoms with Crippen molar-refractivity contribution in [3.8, 4) is 11.4 Å². The molecule has 0 aliphatic carbocycles. The van der Waals surface area contributed by atoms with Gasteiger partial charge in [-0.2, -0.15) is 0 Å². The molecule has 1 amide bonds. The fourth-order valence-electron chi connectivity index (χ4n) is 2.85. The molecule has 7 heteroatoms. The Morgan fingerprint density at radius 2 is 1.82 bits per heavy atom. The van der Waals surface area contributed by atoms with Gasteiger partial charge in [-0.25, -0.2) is 9.37 Å². The van der Waals surface area contributed by atoms with E-state index in [-0.39, 0.29) is 11.7 Å². The molecule has 1 unspecified atom stereocenters. The molecule has 2 N–H and O–H groups in total. The molecule has 1 atom stereocenters. The number of benzene rings is 3. The second kappa shape index (κ2) is 7.82. The van der Waals surface area contributed by atoms with Crippen molar-refractivity contribution in [2.45, 2.75) is 17.3 Å². The van der Waals surface area contributed by atoms with Crippen molar-refractivity contribution in [3.63, 3.8) is 0 Å². The van der Waals surface area contributed by atoms with E-state index < -0.39 is 5.25 Å².